The lowest BCUT2D eigenvalue weighted by Crippen LogP contribution is -2.03. The van der Waals surface area contributed by atoms with Gasteiger partial charge in [-0.2, -0.15) is 0 Å². The molecule has 0 atom stereocenters. The van der Waals surface area contributed by atoms with Gasteiger partial charge in [0, 0.05) is 20.1 Å². The first-order valence-electron chi connectivity index (χ1n) is 5.32. The van der Waals surface area contributed by atoms with E-state index in [0.717, 1.165) is 19.4 Å². The van der Waals surface area contributed by atoms with Gasteiger partial charge in [0.1, 0.15) is 7.63 Å². The van der Waals surface area contributed by atoms with Crippen LogP contribution in [0.1, 0.15) is 48.3 Å². The van der Waals surface area contributed by atoms with Crippen LogP contribution < -0.4 is 0 Å². The van der Waals surface area contributed by atoms with Gasteiger partial charge >= 0.3 is 0 Å². The molecule has 0 saturated heterocycles. The molecule has 0 radical (unpaired) electrons. The zero-order chi connectivity index (χ0) is 11.6. The van der Waals surface area contributed by atoms with Crippen molar-refractivity contribution in [3.8, 4) is 0 Å². The largest absolute Gasteiger partial charge is 0.385 e. The van der Waals surface area contributed by atoms with Crippen LogP contribution in [-0.4, -0.2) is 20.0 Å². The normalized spacial score (nSPS) is 11.3. The molecule has 0 N–H and O–H groups in total. The van der Waals surface area contributed by atoms with Crippen molar-refractivity contribution in [3.63, 3.8) is 0 Å². The maximum Gasteiger partial charge on any atom is 0.120 e. The molecule has 0 bridgehead atoms. The number of carbonyl (C=O) groups excluding carboxylic acids is 1. The number of hydrogen-bond donors (Lipinski definition) is 0. The van der Waals surface area contributed by atoms with E-state index in [1.807, 2.05) is 0 Å². The van der Waals surface area contributed by atoms with Crippen LogP contribution in [0.15, 0.2) is 0 Å². The maximum absolute atomic E-state index is 10.2. The van der Waals surface area contributed by atoms with Crippen molar-refractivity contribution >= 4 is 6.26 Å². The fourth-order valence-electron chi connectivity index (χ4n) is 0.630. The Bertz CT molecular complexity index is 137. The summed E-state index contributed by atoms with van der Waals surface area (Å²) < 4.78 is 11.3. The summed E-state index contributed by atoms with van der Waals surface area (Å²) >= 11 is 0. The molecule has 13 heavy (non-hydrogen) atoms. The van der Waals surface area contributed by atoms with Crippen molar-refractivity contribution in [1.29, 1.82) is 0 Å². The number of carbonyl (C=O) groups is 1. The lowest BCUT2D eigenvalue weighted by molar-refractivity contribution is -0.108. The Morgan fingerprint density at radius 3 is 2.08 bits per heavy atom. The molecule has 2 nitrogen and oxygen atoms in total. The molecule has 0 aromatic carbocycles. The van der Waals surface area contributed by atoms with Crippen LogP contribution >= 0.6 is 0 Å². The summed E-state index contributed by atoms with van der Waals surface area (Å²) in [7, 11) is 1.71. The van der Waals surface area contributed by atoms with Gasteiger partial charge in [-0.25, -0.2) is 0 Å². The van der Waals surface area contributed by atoms with E-state index in [2.05, 4.69) is 27.7 Å². The highest BCUT2D eigenvalue weighted by Crippen LogP contribution is 2.18. The number of rotatable bonds is 4. The van der Waals surface area contributed by atoms with Crippen LogP contribution in [0.4, 0.5) is 0 Å². The molecular formula is C11H24O2. The average Bonchev–Trinajstić information content (AvgIpc) is 2.02. The lowest BCUT2D eigenvalue weighted by Gasteiger charge is -2.14. The molecule has 0 aromatic rings. The van der Waals surface area contributed by atoms with Gasteiger partial charge in [-0.1, -0.05) is 27.7 Å². The minimum atomic E-state index is -0.454. The Morgan fingerprint density at radius 2 is 2.00 bits per heavy atom. The summed E-state index contributed by atoms with van der Waals surface area (Å²) in [6.45, 7) is 9.17. The molecule has 0 amide bonds. The third kappa shape index (κ3) is 24.5. The fourth-order valence-corrected chi connectivity index (χ4v) is 0.630. The minimum Gasteiger partial charge on any atom is -0.385 e. The Kier molecular flexibility index (Phi) is 9.44. The van der Waals surface area contributed by atoms with Crippen molar-refractivity contribution in [2.24, 2.45) is 5.41 Å². The minimum absolute atomic E-state index is 0.191. The molecule has 0 heterocycles. The second-order valence-corrected chi connectivity index (χ2v) is 4.20. The van der Waals surface area contributed by atoms with Crippen LogP contribution in [0, 0.1) is 5.41 Å². The average molecular weight is 189 g/mol. The zero-order valence-corrected chi connectivity index (χ0v) is 9.64. The highest BCUT2D eigenvalue weighted by molar-refractivity contribution is 5.49. The predicted octanol–water partition coefficient (Wildman–Crippen LogP) is 3.05. The van der Waals surface area contributed by atoms with Crippen molar-refractivity contribution in [2.75, 3.05) is 13.7 Å². The number of aldehydes is 1. The first kappa shape index (κ1) is 12.6. The first-order valence-corrected chi connectivity index (χ1v) is 4.82. The van der Waals surface area contributed by atoms with E-state index < -0.39 is 6.26 Å². The van der Waals surface area contributed by atoms with Crippen LogP contribution in [0.2, 0.25) is 0 Å². The van der Waals surface area contributed by atoms with Crippen LogP contribution in [0.25, 0.3) is 0 Å². The third-order valence-corrected chi connectivity index (χ3v) is 1.39. The zero-order valence-electron chi connectivity index (χ0n) is 10.6. The Balaban J connectivity index is 0. The van der Waals surface area contributed by atoms with Crippen LogP contribution in [-0.2, 0) is 9.53 Å². The molecule has 0 spiro atoms. The van der Waals surface area contributed by atoms with Gasteiger partial charge in [0.15, 0.2) is 0 Å². The molecule has 0 saturated carbocycles. The van der Waals surface area contributed by atoms with Gasteiger partial charge in [-0.05, 0) is 18.3 Å². The summed E-state index contributed by atoms with van der Waals surface area (Å²) in [5.41, 5.74) is 0.191. The summed E-state index contributed by atoms with van der Waals surface area (Å²) in [6.07, 6.45) is 1.87. The van der Waals surface area contributed by atoms with Crippen LogP contribution in [0.5, 0.6) is 0 Å². The lowest BCUT2D eigenvalue weighted by atomic mass is 9.91. The highest BCUT2D eigenvalue weighted by Gasteiger charge is 2.07. The van der Waals surface area contributed by atoms with Gasteiger partial charge in [0.2, 0.25) is 0 Å². The molecule has 0 rings (SSSR count). The van der Waals surface area contributed by atoms with Crippen molar-refractivity contribution in [1.82, 2.24) is 0 Å². The van der Waals surface area contributed by atoms with Crippen molar-refractivity contribution in [2.45, 2.75) is 47.0 Å². The van der Waals surface area contributed by atoms with Crippen molar-refractivity contribution in [3.05, 3.63) is 0 Å². The third-order valence-electron chi connectivity index (χ3n) is 1.39. The smallest absolute Gasteiger partial charge is 0.120 e. The standard InChI is InChI=1S/C7H14O.C4H10O/c1-7(2,3)5-4-6-8;1-3-4-5-2/h6H,4-5H2,1-3H3;3-4H2,1-2H3/i6D;. The molecule has 0 unspecified atom stereocenters. The van der Waals surface area contributed by atoms with Gasteiger partial charge in [-0.3, -0.25) is 0 Å². The summed E-state index contributed by atoms with van der Waals surface area (Å²) in [4.78, 5) is 10.2. The first-order chi connectivity index (χ1) is 6.33. The van der Waals surface area contributed by atoms with E-state index >= 15 is 0 Å². The Morgan fingerprint density at radius 1 is 1.46 bits per heavy atom. The highest BCUT2D eigenvalue weighted by atomic mass is 16.5. The van der Waals surface area contributed by atoms with Gasteiger partial charge in [-0.15, -0.1) is 0 Å². The predicted molar refractivity (Wildman–Crippen MR) is 56.9 cm³/mol. The van der Waals surface area contributed by atoms with E-state index in [1.165, 1.54) is 0 Å². The summed E-state index contributed by atoms with van der Waals surface area (Å²) in [6, 6.07) is 0. The van der Waals surface area contributed by atoms with Gasteiger partial charge < -0.3 is 9.53 Å². The number of methoxy groups -OCH3 is 1. The van der Waals surface area contributed by atoms with E-state index in [0.29, 0.717) is 6.42 Å². The van der Waals surface area contributed by atoms with Crippen molar-refractivity contribution < 1.29 is 10.9 Å². The monoisotopic (exact) mass is 189 g/mol. The summed E-state index contributed by atoms with van der Waals surface area (Å²) in [5.74, 6) is 0. The molecular weight excluding hydrogens is 164 g/mol. The number of hydrogen-bond acceptors (Lipinski definition) is 2. The molecule has 0 fully saturated rings. The quantitative estimate of drug-likeness (QED) is 0.635. The SMILES string of the molecule is CCCOC.[2H]C(=O)CCC(C)(C)C. The topological polar surface area (TPSA) is 26.3 Å². The second kappa shape index (κ2) is 9.72. The molecule has 0 aliphatic rings. The molecule has 0 aromatic heterocycles. The Labute approximate surface area is 84.1 Å². The van der Waals surface area contributed by atoms with Gasteiger partial charge in [0.25, 0.3) is 0 Å². The molecule has 80 valence electrons. The number of ether oxygens (including phenoxy) is 1. The molecule has 0 aliphatic heterocycles. The second-order valence-electron chi connectivity index (χ2n) is 4.20. The maximum atomic E-state index is 10.2. The van der Waals surface area contributed by atoms with E-state index in [4.69, 9.17) is 6.11 Å². The molecule has 0 aliphatic carbocycles. The molecule has 2 heteroatoms. The summed E-state index contributed by atoms with van der Waals surface area (Å²) in [5, 5.41) is 0. The van der Waals surface area contributed by atoms with Crippen LogP contribution in [0.3, 0.4) is 0 Å². The van der Waals surface area contributed by atoms with E-state index in [9.17, 15) is 4.79 Å². The Hall–Kier alpha value is -0.370. The van der Waals surface area contributed by atoms with E-state index in [-0.39, 0.29) is 5.41 Å². The van der Waals surface area contributed by atoms with Gasteiger partial charge in [0.05, 0.1) is 0 Å². The fraction of sp³-hybridized carbons (Fsp3) is 0.909. The van der Waals surface area contributed by atoms with E-state index in [1.54, 1.807) is 7.11 Å².